The number of hydrogen-bond acceptors (Lipinski definition) is 3. The van der Waals surface area contributed by atoms with E-state index in [4.69, 9.17) is 0 Å². The van der Waals surface area contributed by atoms with E-state index in [9.17, 15) is 10.2 Å². The second kappa shape index (κ2) is 9.15. The number of aliphatic hydroxyl groups excluding tert-OH is 1. The first kappa shape index (κ1) is 18.9. The van der Waals surface area contributed by atoms with Gasteiger partial charge in [0.1, 0.15) is 5.75 Å². The SMILES string of the molecule is CC(O)CCCC=Cc1ccc(-c2ccc(-c3ccc(O)cn3)cc2)cc1. The summed E-state index contributed by atoms with van der Waals surface area (Å²) in [5.74, 6) is 0.174. The fourth-order valence-corrected chi connectivity index (χ4v) is 2.93. The zero-order chi connectivity index (χ0) is 19.1. The Kier molecular flexibility index (Phi) is 6.39. The summed E-state index contributed by atoms with van der Waals surface area (Å²) in [6, 6.07) is 20.2. The smallest absolute Gasteiger partial charge is 0.133 e. The monoisotopic (exact) mass is 359 g/mol. The number of rotatable bonds is 7. The zero-order valence-corrected chi connectivity index (χ0v) is 15.5. The van der Waals surface area contributed by atoms with Gasteiger partial charge in [-0.25, -0.2) is 0 Å². The molecule has 3 nitrogen and oxygen atoms in total. The second-order valence-electron chi connectivity index (χ2n) is 6.78. The van der Waals surface area contributed by atoms with E-state index >= 15 is 0 Å². The molecule has 0 aliphatic rings. The van der Waals surface area contributed by atoms with Gasteiger partial charge in [0.15, 0.2) is 0 Å². The quantitative estimate of drug-likeness (QED) is 0.533. The molecule has 138 valence electrons. The Balaban J connectivity index is 1.63. The molecule has 0 radical (unpaired) electrons. The number of aromatic hydroxyl groups is 1. The van der Waals surface area contributed by atoms with Crippen molar-refractivity contribution in [1.82, 2.24) is 4.98 Å². The molecule has 2 aromatic carbocycles. The molecule has 0 saturated carbocycles. The molecule has 0 saturated heterocycles. The van der Waals surface area contributed by atoms with Crippen molar-refractivity contribution in [3.63, 3.8) is 0 Å². The van der Waals surface area contributed by atoms with Gasteiger partial charge in [0.2, 0.25) is 0 Å². The first-order valence-electron chi connectivity index (χ1n) is 9.32. The molecule has 27 heavy (non-hydrogen) atoms. The van der Waals surface area contributed by atoms with Crippen LogP contribution in [0.15, 0.2) is 72.9 Å². The summed E-state index contributed by atoms with van der Waals surface area (Å²) >= 11 is 0. The molecule has 3 aromatic rings. The van der Waals surface area contributed by atoms with Crippen molar-refractivity contribution in [2.24, 2.45) is 0 Å². The van der Waals surface area contributed by atoms with E-state index in [0.717, 1.165) is 36.1 Å². The van der Waals surface area contributed by atoms with Gasteiger partial charge in [-0.3, -0.25) is 4.98 Å². The number of aromatic nitrogens is 1. The molecule has 1 heterocycles. The molecule has 0 bridgehead atoms. The van der Waals surface area contributed by atoms with Crippen LogP contribution >= 0.6 is 0 Å². The van der Waals surface area contributed by atoms with Crippen LogP contribution in [0.4, 0.5) is 0 Å². The Hall–Kier alpha value is -2.91. The molecular formula is C24H25NO2. The van der Waals surface area contributed by atoms with Gasteiger partial charge in [-0.1, -0.05) is 60.7 Å². The third kappa shape index (κ3) is 5.53. The van der Waals surface area contributed by atoms with Crippen LogP contribution in [-0.4, -0.2) is 21.3 Å². The molecule has 2 N–H and O–H groups in total. The molecule has 0 amide bonds. The topological polar surface area (TPSA) is 53.4 Å². The van der Waals surface area contributed by atoms with Gasteiger partial charge >= 0.3 is 0 Å². The van der Waals surface area contributed by atoms with E-state index in [1.807, 2.05) is 25.1 Å². The lowest BCUT2D eigenvalue weighted by atomic mass is 10.0. The van der Waals surface area contributed by atoms with Crippen LogP contribution in [0.5, 0.6) is 5.75 Å². The van der Waals surface area contributed by atoms with Gasteiger partial charge in [-0.15, -0.1) is 0 Å². The molecule has 1 unspecified atom stereocenters. The van der Waals surface area contributed by atoms with Crippen LogP contribution in [0.2, 0.25) is 0 Å². The minimum absolute atomic E-state index is 0.174. The lowest BCUT2D eigenvalue weighted by Crippen LogP contribution is -1.97. The maximum absolute atomic E-state index is 9.34. The lowest BCUT2D eigenvalue weighted by Gasteiger charge is -2.05. The van der Waals surface area contributed by atoms with E-state index in [2.05, 4.69) is 53.5 Å². The summed E-state index contributed by atoms with van der Waals surface area (Å²) in [7, 11) is 0. The first-order valence-corrected chi connectivity index (χ1v) is 9.32. The highest BCUT2D eigenvalue weighted by atomic mass is 16.3. The van der Waals surface area contributed by atoms with Crippen LogP contribution in [0.1, 0.15) is 31.7 Å². The summed E-state index contributed by atoms with van der Waals surface area (Å²) < 4.78 is 0. The average molecular weight is 359 g/mol. The Morgan fingerprint density at radius 1 is 0.889 bits per heavy atom. The van der Waals surface area contributed by atoms with Crippen LogP contribution in [0.25, 0.3) is 28.5 Å². The number of allylic oxidation sites excluding steroid dienone is 1. The average Bonchev–Trinajstić information content (AvgIpc) is 2.69. The predicted molar refractivity (Wildman–Crippen MR) is 111 cm³/mol. The van der Waals surface area contributed by atoms with Crippen molar-refractivity contribution >= 4 is 6.08 Å². The van der Waals surface area contributed by atoms with Crippen LogP contribution in [-0.2, 0) is 0 Å². The Morgan fingerprint density at radius 3 is 2.11 bits per heavy atom. The minimum atomic E-state index is -0.214. The Morgan fingerprint density at radius 2 is 1.52 bits per heavy atom. The summed E-state index contributed by atoms with van der Waals surface area (Å²) in [5, 5.41) is 18.6. The van der Waals surface area contributed by atoms with E-state index in [1.54, 1.807) is 6.07 Å². The van der Waals surface area contributed by atoms with Gasteiger partial charge < -0.3 is 10.2 Å². The summed E-state index contributed by atoms with van der Waals surface area (Å²) in [4.78, 5) is 4.24. The highest BCUT2D eigenvalue weighted by molar-refractivity contribution is 5.70. The summed E-state index contributed by atoms with van der Waals surface area (Å²) in [6.45, 7) is 1.83. The minimum Gasteiger partial charge on any atom is -0.506 e. The largest absolute Gasteiger partial charge is 0.506 e. The van der Waals surface area contributed by atoms with Crippen molar-refractivity contribution in [3.05, 3.63) is 78.5 Å². The van der Waals surface area contributed by atoms with Crippen LogP contribution < -0.4 is 0 Å². The molecule has 1 aromatic heterocycles. The molecule has 0 spiro atoms. The molecule has 0 aliphatic heterocycles. The summed E-state index contributed by atoms with van der Waals surface area (Å²) in [6.07, 6.45) is 8.38. The maximum atomic E-state index is 9.34. The van der Waals surface area contributed by atoms with E-state index in [-0.39, 0.29) is 11.9 Å². The zero-order valence-electron chi connectivity index (χ0n) is 15.5. The van der Waals surface area contributed by atoms with Crippen molar-refractivity contribution in [2.75, 3.05) is 0 Å². The number of pyridine rings is 1. The van der Waals surface area contributed by atoms with Gasteiger partial charge in [0.05, 0.1) is 18.0 Å². The van der Waals surface area contributed by atoms with Crippen LogP contribution in [0, 0.1) is 0 Å². The third-order valence-electron chi connectivity index (χ3n) is 4.48. The number of unbranched alkanes of at least 4 members (excludes halogenated alkanes) is 1. The lowest BCUT2D eigenvalue weighted by molar-refractivity contribution is 0.182. The van der Waals surface area contributed by atoms with Gasteiger partial charge in [-0.2, -0.15) is 0 Å². The second-order valence-corrected chi connectivity index (χ2v) is 6.78. The normalized spacial score (nSPS) is 12.4. The van der Waals surface area contributed by atoms with E-state index in [0.29, 0.717) is 0 Å². The standard InChI is InChI=1S/C24H25NO2/c1-18(26)5-3-2-4-6-19-7-9-20(10-8-19)21-11-13-22(14-12-21)24-16-15-23(27)17-25-24/h4,6-18,26-27H,2-3,5H2,1H3. The molecular weight excluding hydrogens is 334 g/mol. The fraction of sp³-hybridized carbons (Fsp3) is 0.208. The van der Waals surface area contributed by atoms with E-state index in [1.165, 1.54) is 17.3 Å². The fourth-order valence-electron chi connectivity index (χ4n) is 2.93. The van der Waals surface area contributed by atoms with Gasteiger partial charge in [0, 0.05) is 5.56 Å². The number of nitrogens with zero attached hydrogens (tertiary/aromatic N) is 1. The third-order valence-corrected chi connectivity index (χ3v) is 4.48. The molecule has 3 heteroatoms. The summed E-state index contributed by atoms with van der Waals surface area (Å²) in [5.41, 5.74) is 5.38. The molecule has 3 rings (SSSR count). The van der Waals surface area contributed by atoms with Crippen molar-refractivity contribution in [1.29, 1.82) is 0 Å². The van der Waals surface area contributed by atoms with Crippen molar-refractivity contribution in [3.8, 4) is 28.1 Å². The maximum Gasteiger partial charge on any atom is 0.133 e. The molecule has 0 fully saturated rings. The molecule has 1 atom stereocenters. The first-order chi connectivity index (χ1) is 13.1. The number of benzene rings is 2. The van der Waals surface area contributed by atoms with Crippen molar-refractivity contribution in [2.45, 2.75) is 32.3 Å². The van der Waals surface area contributed by atoms with E-state index < -0.39 is 0 Å². The van der Waals surface area contributed by atoms with Gasteiger partial charge in [-0.05, 0) is 55.0 Å². The number of hydrogen-bond donors (Lipinski definition) is 2. The highest BCUT2D eigenvalue weighted by Crippen LogP contribution is 2.25. The predicted octanol–water partition coefficient (Wildman–Crippen LogP) is 5.69. The van der Waals surface area contributed by atoms with Gasteiger partial charge in [0.25, 0.3) is 0 Å². The Bertz CT molecular complexity index is 864. The van der Waals surface area contributed by atoms with Crippen LogP contribution in [0.3, 0.4) is 0 Å². The Labute approximate surface area is 160 Å². The molecule has 0 aliphatic carbocycles. The van der Waals surface area contributed by atoms with Crippen molar-refractivity contribution < 1.29 is 10.2 Å². The number of aliphatic hydroxyl groups is 1. The highest BCUT2D eigenvalue weighted by Gasteiger charge is 2.02.